The molecule has 1 unspecified atom stereocenters. The fourth-order valence-corrected chi connectivity index (χ4v) is 1.45. The lowest BCUT2D eigenvalue weighted by molar-refractivity contribution is -0.384. The third-order valence-corrected chi connectivity index (χ3v) is 1.99. The van der Waals surface area contributed by atoms with Gasteiger partial charge < -0.3 is 0 Å². The van der Waals surface area contributed by atoms with Crippen molar-refractivity contribution in [1.29, 1.82) is 0 Å². The average Bonchev–Trinajstić information content (AvgIpc) is 2.04. The van der Waals surface area contributed by atoms with Crippen molar-refractivity contribution in [1.82, 2.24) is 0 Å². The minimum absolute atomic E-state index is 0.144. The van der Waals surface area contributed by atoms with Crippen LogP contribution < -0.4 is 0 Å². The van der Waals surface area contributed by atoms with Gasteiger partial charge in [0, 0.05) is 17.0 Å². The van der Waals surface area contributed by atoms with Crippen LogP contribution in [0.2, 0.25) is 0 Å². The summed E-state index contributed by atoms with van der Waals surface area (Å²) in [5.74, 6) is 0. The molecule has 13 heavy (non-hydrogen) atoms. The fraction of sp³-hybridized carbons (Fsp3) is 0.333. The Morgan fingerprint density at radius 3 is 2.38 bits per heavy atom. The molecule has 0 saturated heterocycles. The van der Waals surface area contributed by atoms with E-state index >= 15 is 0 Å². The summed E-state index contributed by atoms with van der Waals surface area (Å²) in [4.78, 5) is 10.3. The van der Waals surface area contributed by atoms with Gasteiger partial charge in [-0.15, -0.1) is 0 Å². The molecule has 0 aliphatic rings. The van der Waals surface area contributed by atoms with Crippen LogP contribution in [0.3, 0.4) is 0 Å². The largest absolute Gasteiger partial charge is 0.269 e. The van der Waals surface area contributed by atoms with Crippen LogP contribution in [0, 0.1) is 10.1 Å². The number of alkyl halides is 1. The van der Waals surface area contributed by atoms with E-state index in [1.807, 2.05) is 6.92 Å². The quantitative estimate of drug-likeness (QED) is 0.466. The number of non-ortho nitro benzene ring substituents is 1. The van der Waals surface area contributed by atoms with E-state index in [1.54, 1.807) is 12.1 Å². The number of hydrogen-bond donors (Lipinski definition) is 0. The van der Waals surface area contributed by atoms with E-state index in [0.29, 0.717) is 4.83 Å². The average molecular weight is 244 g/mol. The van der Waals surface area contributed by atoms with Gasteiger partial charge in [-0.25, -0.2) is 0 Å². The molecule has 0 aliphatic carbocycles. The van der Waals surface area contributed by atoms with E-state index in [0.717, 1.165) is 12.0 Å². The second kappa shape index (κ2) is 4.37. The smallest absolute Gasteiger partial charge is 0.258 e. The summed E-state index contributed by atoms with van der Waals surface area (Å²) in [6.45, 7) is 2.04. The Morgan fingerprint density at radius 2 is 2.00 bits per heavy atom. The van der Waals surface area contributed by atoms with E-state index in [2.05, 4.69) is 15.9 Å². The Hall–Kier alpha value is -0.900. The molecular weight excluding hydrogens is 234 g/mol. The normalized spacial score (nSPS) is 12.5. The maximum absolute atomic E-state index is 10.3. The molecule has 0 aliphatic heterocycles. The summed E-state index contributed by atoms with van der Waals surface area (Å²) >= 11 is 3.42. The molecule has 1 atom stereocenters. The van der Waals surface area contributed by atoms with Gasteiger partial charge in [0.2, 0.25) is 0 Å². The second-order valence-corrected chi connectivity index (χ2v) is 4.47. The molecule has 0 saturated carbocycles. The predicted octanol–water partition coefficient (Wildman–Crippen LogP) is 2.92. The molecule has 1 aromatic rings. The van der Waals surface area contributed by atoms with Gasteiger partial charge in [0.05, 0.1) is 4.92 Å². The highest BCUT2D eigenvalue weighted by Gasteiger charge is 2.04. The Morgan fingerprint density at radius 1 is 1.46 bits per heavy atom. The van der Waals surface area contributed by atoms with Crippen molar-refractivity contribution in [2.45, 2.75) is 18.2 Å². The molecule has 1 rings (SSSR count). The number of rotatable bonds is 3. The Labute approximate surface area is 85.0 Å². The predicted molar refractivity (Wildman–Crippen MR) is 55.2 cm³/mol. The van der Waals surface area contributed by atoms with Gasteiger partial charge in [0.25, 0.3) is 5.69 Å². The van der Waals surface area contributed by atoms with E-state index in [1.165, 1.54) is 12.1 Å². The molecule has 0 fully saturated rings. The van der Waals surface area contributed by atoms with Crippen LogP contribution in [0.25, 0.3) is 0 Å². The second-order valence-electron chi connectivity index (χ2n) is 2.91. The number of nitrogens with zero attached hydrogens (tertiary/aromatic N) is 1. The monoisotopic (exact) mass is 243 g/mol. The first-order valence-corrected chi connectivity index (χ1v) is 4.88. The topological polar surface area (TPSA) is 43.1 Å². The van der Waals surface area contributed by atoms with Crippen LogP contribution in [-0.2, 0) is 6.42 Å². The summed E-state index contributed by atoms with van der Waals surface area (Å²) in [6.07, 6.45) is 0.887. The van der Waals surface area contributed by atoms with Crippen molar-refractivity contribution in [3.05, 3.63) is 39.9 Å². The number of benzene rings is 1. The lowest BCUT2D eigenvalue weighted by Crippen LogP contribution is -1.96. The van der Waals surface area contributed by atoms with Gasteiger partial charge in [0.15, 0.2) is 0 Å². The zero-order valence-electron chi connectivity index (χ0n) is 7.24. The molecule has 3 nitrogen and oxygen atoms in total. The van der Waals surface area contributed by atoms with Crippen molar-refractivity contribution >= 4 is 21.6 Å². The highest BCUT2D eigenvalue weighted by molar-refractivity contribution is 9.09. The highest BCUT2D eigenvalue weighted by Crippen LogP contribution is 2.14. The molecule has 0 bridgehead atoms. The molecule has 4 heteroatoms. The van der Waals surface area contributed by atoms with Crippen molar-refractivity contribution in [3.63, 3.8) is 0 Å². The van der Waals surface area contributed by atoms with Gasteiger partial charge in [-0.2, -0.15) is 0 Å². The molecule has 0 amide bonds. The SMILES string of the molecule is CC(Br)Cc1ccc([N+](=O)[O-])cc1. The van der Waals surface area contributed by atoms with Gasteiger partial charge in [-0.1, -0.05) is 35.0 Å². The number of nitro groups is 1. The maximum atomic E-state index is 10.3. The molecule has 70 valence electrons. The summed E-state index contributed by atoms with van der Waals surface area (Å²) in [6, 6.07) is 6.64. The number of halogens is 1. The van der Waals surface area contributed by atoms with Crippen LogP contribution in [0.4, 0.5) is 5.69 Å². The van der Waals surface area contributed by atoms with E-state index in [4.69, 9.17) is 0 Å². The van der Waals surface area contributed by atoms with Crippen LogP contribution in [-0.4, -0.2) is 9.75 Å². The van der Waals surface area contributed by atoms with Crippen LogP contribution in [0.1, 0.15) is 12.5 Å². The third-order valence-electron chi connectivity index (χ3n) is 1.66. The van der Waals surface area contributed by atoms with Gasteiger partial charge in [-0.05, 0) is 12.0 Å². The first-order chi connectivity index (χ1) is 6.09. The van der Waals surface area contributed by atoms with E-state index in [9.17, 15) is 10.1 Å². The minimum Gasteiger partial charge on any atom is -0.258 e. The first-order valence-electron chi connectivity index (χ1n) is 3.97. The van der Waals surface area contributed by atoms with Crippen molar-refractivity contribution in [2.75, 3.05) is 0 Å². The summed E-state index contributed by atoms with van der Waals surface area (Å²) in [5.41, 5.74) is 1.25. The third kappa shape index (κ3) is 3.14. The van der Waals surface area contributed by atoms with Gasteiger partial charge in [-0.3, -0.25) is 10.1 Å². The summed E-state index contributed by atoms with van der Waals surface area (Å²) < 4.78 is 0. The van der Waals surface area contributed by atoms with Crippen molar-refractivity contribution < 1.29 is 4.92 Å². The lowest BCUT2D eigenvalue weighted by Gasteiger charge is -2.01. The summed E-state index contributed by atoms with van der Waals surface area (Å²) in [5, 5.41) is 10.3. The first kappa shape index (κ1) is 10.2. The van der Waals surface area contributed by atoms with Gasteiger partial charge >= 0.3 is 0 Å². The highest BCUT2D eigenvalue weighted by atomic mass is 79.9. The lowest BCUT2D eigenvalue weighted by atomic mass is 10.1. The van der Waals surface area contributed by atoms with E-state index < -0.39 is 0 Å². The van der Waals surface area contributed by atoms with Crippen molar-refractivity contribution in [2.24, 2.45) is 0 Å². The molecule has 1 aromatic carbocycles. The van der Waals surface area contributed by atoms with Gasteiger partial charge in [0.1, 0.15) is 0 Å². The molecule has 0 N–H and O–H groups in total. The Bertz CT molecular complexity index is 295. The van der Waals surface area contributed by atoms with Crippen LogP contribution in [0.5, 0.6) is 0 Å². The Kier molecular flexibility index (Phi) is 3.42. The molecule has 0 radical (unpaired) electrons. The minimum atomic E-state index is -0.388. The fourth-order valence-electron chi connectivity index (χ4n) is 1.08. The van der Waals surface area contributed by atoms with Crippen LogP contribution >= 0.6 is 15.9 Å². The van der Waals surface area contributed by atoms with Crippen molar-refractivity contribution in [3.8, 4) is 0 Å². The zero-order valence-corrected chi connectivity index (χ0v) is 8.82. The Balaban J connectivity index is 2.75. The number of nitro benzene ring substituents is 1. The van der Waals surface area contributed by atoms with E-state index in [-0.39, 0.29) is 10.6 Å². The molecule has 0 heterocycles. The maximum Gasteiger partial charge on any atom is 0.269 e. The number of hydrogen-bond acceptors (Lipinski definition) is 2. The molecule has 0 spiro atoms. The zero-order chi connectivity index (χ0) is 9.84. The standard InChI is InChI=1S/C9H10BrNO2/c1-7(10)6-8-2-4-9(5-3-8)11(12)13/h2-5,7H,6H2,1H3. The molecule has 0 aromatic heterocycles. The summed E-state index contributed by atoms with van der Waals surface area (Å²) in [7, 11) is 0. The van der Waals surface area contributed by atoms with Crippen LogP contribution in [0.15, 0.2) is 24.3 Å². The molecular formula is C9H10BrNO2.